The Morgan fingerprint density at radius 1 is 0.310 bits per heavy atom. The second kappa shape index (κ2) is 42.2. The summed E-state index contributed by atoms with van der Waals surface area (Å²) < 4.78 is 143. The van der Waals surface area contributed by atoms with E-state index in [1.165, 1.54) is 129 Å². The third kappa shape index (κ3) is 23.8. The number of Topliss-reactive ketones (excluding diaryl/α,β-unsaturated/α-hetero) is 2. The third-order valence-electron chi connectivity index (χ3n) is 36.6. The topological polar surface area (TPSA) is 247 Å². The molecule has 24 aliphatic rings. The van der Waals surface area contributed by atoms with Crippen LogP contribution in [0.25, 0.3) is 0 Å². The number of carbonyl (C=O) groups is 8. The molecule has 24 fully saturated rings. The fraction of sp³-hybridized carbons (Fsp3) is 0.922. The lowest BCUT2D eigenvalue weighted by molar-refractivity contribution is -0.241. The van der Waals surface area contributed by atoms with E-state index in [2.05, 4.69) is 0 Å². The fourth-order valence-corrected chi connectivity index (χ4v) is 29.3. The predicted molar refractivity (Wildman–Crippen MR) is 468 cm³/mol. The molecule has 734 valence electrons. The molecule has 24 bridgehead atoms. The standard InChI is InChI=1S/C18H27F3O3.C18H30O3.C17H25F3O3.C17H26O4.C17H28O3.C16H24O4/c1-3-16(2,18(19,20)21)15(22)24-11-23-10-17-7-12-4-13(8-17)6-14(5-12)9-17;1-4-17(2,3)16(19)21-12-20-11-18-8-13-5-14(9-18)7-15(6-13)10-18;1-3-16(2,17(18,19)20)15(21)23-9-22-14-12-5-10-4-11(7-12)8-13(14)6-10;1-4-17(2,3)16(19)21-9-20-15-12-6-10-5-11(8-12)14(18)13(15)7-10;1-3-12(2)16(18)20-11-19-10-17-7-13-4-14(8-17)6-15(5-13)9-17;1-3-9(2)16(18)20-8-19-15-12-5-10-4-11(7-12)14(17)13(15)6-10/h12-14H,3-11H2,1-2H3;13-15H,4-12H2,1-3H3;10-14H,3-9H2,1-2H3;10-13,15H,4-9H2,1-3H3;12-15H,3-11H2,1-2H3;9-13,15H,3-8H2,1-2H3. The minimum absolute atomic E-state index is 0.00343. The van der Waals surface area contributed by atoms with Crippen molar-refractivity contribution in [2.45, 2.75) is 365 Å². The molecule has 0 saturated heterocycles. The maximum Gasteiger partial charge on any atom is 0.404 e. The molecule has 0 spiro atoms. The molecule has 0 aromatic heterocycles. The molecule has 14 atom stereocenters. The summed E-state index contributed by atoms with van der Waals surface area (Å²) in [6, 6.07) is 0. The number of alkyl halides is 6. The van der Waals surface area contributed by atoms with Crippen molar-refractivity contribution in [1.29, 1.82) is 0 Å². The Hall–Kier alpha value is -4.50. The Bertz CT molecular complexity index is 3660. The number of rotatable bonds is 33. The molecule has 0 radical (unpaired) electrons. The first kappa shape index (κ1) is 102. The zero-order chi connectivity index (χ0) is 93.1. The van der Waals surface area contributed by atoms with Crippen LogP contribution in [0.1, 0.15) is 335 Å². The molecule has 24 saturated carbocycles. The molecule has 24 rings (SSSR count). The minimum Gasteiger partial charge on any atom is -0.438 e. The molecule has 0 aromatic rings. The van der Waals surface area contributed by atoms with Gasteiger partial charge in [-0.3, -0.25) is 38.4 Å². The van der Waals surface area contributed by atoms with Gasteiger partial charge in [-0.1, -0.05) is 55.4 Å². The molecular weight excluding hydrogens is 1670 g/mol. The quantitative estimate of drug-likeness (QED) is 0.0195. The third-order valence-corrected chi connectivity index (χ3v) is 36.6. The van der Waals surface area contributed by atoms with Crippen LogP contribution in [0.3, 0.4) is 0 Å². The molecule has 0 amide bonds. The van der Waals surface area contributed by atoms with E-state index in [0.717, 1.165) is 213 Å². The van der Waals surface area contributed by atoms with Crippen molar-refractivity contribution < 1.29 is 122 Å². The lowest BCUT2D eigenvalue weighted by Crippen LogP contribution is -2.55. The van der Waals surface area contributed by atoms with Crippen LogP contribution in [-0.4, -0.2) is 139 Å². The monoisotopic (exact) mass is 1830 g/mol. The van der Waals surface area contributed by atoms with E-state index in [4.69, 9.17) is 56.8 Å². The molecule has 24 aliphatic carbocycles. The highest BCUT2D eigenvalue weighted by Gasteiger charge is 2.61. The van der Waals surface area contributed by atoms with Gasteiger partial charge in [0.2, 0.25) is 0 Å². The highest BCUT2D eigenvalue weighted by Crippen LogP contribution is 2.64. The summed E-state index contributed by atoms with van der Waals surface area (Å²) in [6.45, 7) is 25.4. The number of esters is 6. The molecule has 14 unspecified atom stereocenters. The fourth-order valence-electron chi connectivity index (χ4n) is 29.3. The van der Waals surface area contributed by atoms with Gasteiger partial charge < -0.3 is 56.8 Å². The first-order valence-electron chi connectivity index (χ1n) is 50.8. The van der Waals surface area contributed by atoms with Crippen molar-refractivity contribution in [3.63, 3.8) is 0 Å². The summed E-state index contributed by atoms with van der Waals surface area (Å²) in [6.07, 6.45) is 31.9. The Labute approximate surface area is 765 Å². The van der Waals surface area contributed by atoms with Crippen LogP contribution in [0.4, 0.5) is 26.3 Å². The van der Waals surface area contributed by atoms with Gasteiger partial charge in [-0.15, -0.1) is 0 Å². The smallest absolute Gasteiger partial charge is 0.404 e. The van der Waals surface area contributed by atoms with Gasteiger partial charge in [0.15, 0.2) is 51.6 Å². The number of hydrogen-bond acceptors (Lipinski definition) is 20. The highest BCUT2D eigenvalue weighted by molar-refractivity contribution is 5.87. The van der Waals surface area contributed by atoms with Gasteiger partial charge in [-0.2, -0.15) is 26.3 Å². The van der Waals surface area contributed by atoms with Gasteiger partial charge >= 0.3 is 48.2 Å². The van der Waals surface area contributed by atoms with E-state index in [0.29, 0.717) is 58.6 Å². The van der Waals surface area contributed by atoms with Crippen molar-refractivity contribution in [1.82, 2.24) is 0 Å². The van der Waals surface area contributed by atoms with Gasteiger partial charge in [0, 0.05) is 23.7 Å². The van der Waals surface area contributed by atoms with Crippen molar-refractivity contribution in [2.75, 3.05) is 60.6 Å². The van der Waals surface area contributed by atoms with Crippen LogP contribution < -0.4 is 0 Å². The van der Waals surface area contributed by atoms with E-state index in [9.17, 15) is 64.7 Å². The summed E-state index contributed by atoms with van der Waals surface area (Å²) in [5.41, 5.74) is -4.80. The van der Waals surface area contributed by atoms with E-state index in [1.54, 1.807) is 0 Å². The molecule has 129 heavy (non-hydrogen) atoms. The lowest BCUT2D eigenvalue weighted by Gasteiger charge is -2.56. The molecule has 0 heterocycles. The molecule has 0 N–H and O–H groups in total. The number of ketones is 2. The van der Waals surface area contributed by atoms with E-state index >= 15 is 0 Å². The Balaban J connectivity index is 0.000000132. The largest absolute Gasteiger partial charge is 0.438 e. The van der Waals surface area contributed by atoms with E-state index in [1.807, 2.05) is 69.2 Å². The maximum absolute atomic E-state index is 13.0. The molecular formula is C103H160F6O20. The lowest BCUT2D eigenvalue weighted by atomic mass is 9.50. The van der Waals surface area contributed by atoms with Gasteiger partial charge in [-0.25, -0.2) is 0 Å². The summed E-state index contributed by atoms with van der Waals surface area (Å²) in [5.74, 6) is 11.3. The predicted octanol–water partition coefficient (Wildman–Crippen LogP) is 22.4. The summed E-state index contributed by atoms with van der Waals surface area (Å²) >= 11 is 0. The first-order valence-corrected chi connectivity index (χ1v) is 50.8. The van der Waals surface area contributed by atoms with Crippen LogP contribution in [0, 0.1) is 174 Å². The second-order valence-corrected chi connectivity index (χ2v) is 47.0. The molecule has 20 nitrogen and oxygen atoms in total. The average Bonchev–Trinajstić information content (AvgIpc) is 0.745. The van der Waals surface area contributed by atoms with Crippen LogP contribution in [0.5, 0.6) is 0 Å². The number of hydrogen-bond donors (Lipinski definition) is 0. The molecule has 0 aromatic carbocycles. The zero-order valence-electron chi connectivity index (χ0n) is 80.5. The first-order chi connectivity index (χ1) is 61.0. The molecule has 0 aliphatic heterocycles. The van der Waals surface area contributed by atoms with Crippen LogP contribution in [-0.2, 0) is 95.2 Å². The SMILES string of the molecule is CCC(C)(C(=O)OCOC1C2CC3CC(C2)CC1C3)C(F)(F)F.CCC(C)(C(=O)OCOCC12CC3CC(CC(C3)C1)C2)C(F)(F)F.CCC(C)(C)C(=O)OCOC1C2CC3CC(C2)C(=O)C1C3.CCC(C)(C)C(=O)OCOCC12CC3CC(CC(C3)C1)C2.CCC(C)C(=O)OCOC1C2CC3CC(C2)C(=O)C1C3.CCC(C)C(=O)OCOCC12CC3CC(CC(C3)C1)C2. The van der Waals surface area contributed by atoms with Crippen molar-refractivity contribution >= 4 is 47.4 Å². The van der Waals surface area contributed by atoms with Crippen LogP contribution in [0.15, 0.2) is 0 Å². The van der Waals surface area contributed by atoms with Crippen LogP contribution in [0.2, 0.25) is 0 Å². The minimum atomic E-state index is -4.61. The Kier molecular flexibility index (Phi) is 33.4. The van der Waals surface area contributed by atoms with Crippen molar-refractivity contribution in [3.8, 4) is 0 Å². The van der Waals surface area contributed by atoms with Gasteiger partial charge in [0.1, 0.15) is 11.6 Å². The second-order valence-electron chi connectivity index (χ2n) is 47.0. The van der Waals surface area contributed by atoms with Gasteiger partial charge in [0.25, 0.3) is 0 Å². The number of halogens is 6. The Morgan fingerprint density at radius 2 is 0.558 bits per heavy atom. The maximum atomic E-state index is 13.0. The van der Waals surface area contributed by atoms with Crippen LogP contribution >= 0.6 is 0 Å². The normalized spacial score (nSPS) is 38.4. The van der Waals surface area contributed by atoms with Crippen molar-refractivity contribution in [3.05, 3.63) is 0 Å². The number of carbonyl (C=O) groups excluding carboxylic acids is 8. The van der Waals surface area contributed by atoms with E-state index in [-0.39, 0.29) is 131 Å². The summed E-state index contributed by atoms with van der Waals surface area (Å²) in [5, 5.41) is 0. The summed E-state index contributed by atoms with van der Waals surface area (Å²) in [7, 11) is 0. The van der Waals surface area contributed by atoms with E-state index < -0.39 is 46.0 Å². The highest BCUT2D eigenvalue weighted by atomic mass is 19.4. The Morgan fingerprint density at radius 3 is 0.853 bits per heavy atom. The summed E-state index contributed by atoms with van der Waals surface area (Å²) in [4.78, 5) is 95.3. The van der Waals surface area contributed by atoms with Crippen molar-refractivity contribution in [2.24, 2.45) is 174 Å². The average molecular weight is 1830 g/mol. The number of ether oxygens (including phenoxy) is 12. The zero-order valence-corrected chi connectivity index (χ0v) is 80.5. The molecule has 26 heteroatoms. The van der Waals surface area contributed by atoms with Gasteiger partial charge in [0.05, 0.1) is 60.8 Å². The van der Waals surface area contributed by atoms with Gasteiger partial charge in [-0.05, 0) is 396 Å².